The van der Waals surface area contributed by atoms with E-state index in [1.165, 1.54) is 29.5 Å². The number of benzene rings is 1. The lowest BCUT2D eigenvalue weighted by molar-refractivity contribution is 0.314. The zero-order valence-electron chi connectivity index (χ0n) is 9.59. The van der Waals surface area contributed by atoms with Crippen LogP contribution in [0.4, 0.5) is 0 Å². The summed E-state index contributed by atoms with van der Waals surface area (Å²) in [5.41, 5.74) is 4.26. The summed E-state index contributed by atoms with van der Waals surface area (Å²) >= 11 is 0. The van der Waals surface area contributed by atoms with Gasteiger partial charge in [-0.15, -0.1) is 0 Å². The van der Waals surface area contributed by atoms with Crippen molar-refractivity contribution in [2.45, 2.75) is 39.0 Å². The molecule has 2 rings (SSSR count). The second kappa shape index (κ2) is 4.36. The van der Waals surface area contributed by atoms with Gasteiger partial charge in [0.1, 0.15) is 0 Å². The van der Waals surface area contributed by atoms with E-state index >= 15 is 0 Å². The van der Waals surface area contributed by atoms with Crippen molar-refractivity contribution in [1.82, 2.24) is 0 Å². The minimum Gasteiger partial charge on any atom is -0.395 e. The number of aryl methyl sites for hydroxylation is 1. The second-order valence-electron chi connectivity index (χ2n) is 4.44. The molecule has 1 heteroatoms. The highest BCUT2D eigenvalue weighted by Crippen LogP contribution is 2.44. The molecule has 0 bridgehead atoms. The minimum absolute atomic E-state index is 0.173. The van der Waals surface area contributed by atoms with Crippen LogP contribution in [0.25, 0.3) is 0 Å². The van der Waals surface area contributed by atoms with Crippen molar-refractivity contribution in [3.63, 3.8) is 0 Å². The molecule has 1 aromatic rings. The SMILES string of the molecule is CCc1cccc([C](C)CO)c1C1CC1. The molecule has 1 aliphatic carbocycles. The largest absolute Gasteiger partial charge is 0.395 e. The number of aliphatic hydroxyl groups excluding tert-OH is 1. The Kier molecular flexibility index (Phi) is 3.11. The molecule has 1 aliphatic rings. The van der Waals surface area contributed by atoms with Gasteiger partial charge in [0.2, 0.25) is 0 Å². The number of hydrogen-bond acceptors (Lipinski definition) is 1. The lowest BCUT2D eigenvalue weighted by Gasteiger charge is -2.17. The standard InChI is InChI=1S/C14H19O/c1-3-11-5-4-6-13(10(2)9-15)14(11)12-7-8-12/h4-6,12,15H,3,7-9H2,1-2H3. The first-order valence-electron chi connectivity index (χ1n) is 5.83. The van der Waals surface area contributed by atoms with Crippen molar-refractivity contribution >= 4 is 0 Å². The Morgan fingerprint density at radius 2 is 2.13 bits per heavy atom. The molecule has 0 saturated heterocycles. The fourth-order valence-electron chi connectivity index (χ4n) is 2.23. The molecule has 1 aromatic carbocycles. The monoisotopic (exact) mass is 203 g/mol. The summed E-state index contributed by atoms with van der Waals surface area (Å²) in [4.78, 5) is 0. The zero-order valence-corrected chi connectivity index (χ0v) is 9.59. The predicted molar refractivity (Wildman–Crippen MR) is 62.9 cm³/mol. The van der Waals surface area contributed by atoms with Crippen LogP contribution in [-0.4, -0.2) is 11.7 Å². The fraction of sp³-hybridized carbons (Fsp3) is 0.500. The van der Waals surface area contributed by atoms with Crippen LogP contribution in [-0.2, 0) is 6.42 Å². The summed E-state index contributed by atoms with van der Waals surface area (Å²) < 4.78 is 0. The van der Waals surface area contributed by atoms with Gasteiger partial charge < -0.3 is 5.11 Å². The van der Waals surface area contributed by atoms with Gasteiger partial charge in [0.05, 0.1) is 6.61 Å². The second-order valence-corrected chi connectivity index (χ2v) is 4.44. The van der Waals surface area contributed by atoms with Crippen molar-refractivity contribution < 1.29 is 5.11 Å². The topological polar surface area (TPSA) is 20.2 Å². The van der Waals surface area contributed by atoms with E-state index in [0.29, 0.717) is 0 Å². The van der Waals surface area contributed by atoms with Gasteiger partial charge in [-0.05, 0) is 41.9 Å². The van der Waals surface area contributed by atoms with Crippen LogP contribution in [0.15, 0.2) is 18.2 Å². The highest BCUT2D eigenvalue weighted by Gasteiger charge is 2.29. The molecule has 81 valence electrons. The molecule has 0 unspecified atom stereocenters. The van der Waals surface area contributed by atoms with E-state index in [1.54, 1.807) is 0 Å². The summed E-state index contributed by atoms with van der Waals surface area (Å²) in [7, 11) is 0. The summed E-state index contributed by atoms with van der Waals surface area (Å²) in [5.74, 6) is 1.87. The van der Waals surface area contributed by atoms with Crippen molar-refractivity contribution in [2.75, 3.05) is 6.61 Å². The van der Waals surface area contributed by atoms with Gasteiger partial charge in [-0.25, -0.2) is 0 Å². The van der Waals surface area contributed by atoms with E-state index in [1.807, 2.05) is 6.92 Å². The molecule has 15 heavy (non-hydrogen) atoms. The first-order chi connectivity index (χ1) is 7.27. The van der Waals surface area contributed by atoms with E-state index < -0.39 is 0 Å². The number of hydrogen-bond donors (Lipinski definition) is 1. The average Bonchev–Trinajstić information content (AvgIpc) is 3.10. The molecule has 1 nitrogen and oxygen atoms in total. The third-order valence-electron chi connectivity index (χ3n) is 3.26. The van der Waals surface area contributed by atoms with Crippen molar-refractivity contribution in [3.05, 3.63) is 40.8 Å². The molecule has 0 heterocycles. The van der Waals surface area contributed by atoms with Gasteiger partial charge in [0.15, 0.2) is 0 Å². The quantitative estimate of drug-likeness (QED) is 0.797. The van der Waals surface area contributed by atoms with E-state index in [0.717, 1.165) is 18.3 Å². The fourth-order valence-corrected chi connectivity index (χ4v) is 2.23. The van der Waals surface area contributed by atoms with Crippen LogP contribution >= 0.6 is 0 Å². The third kappa shape index (κ3) is 2.07. The first-order valence-corrected chi connectivity index (χ1v) is 5.83. The normalized spacial score (nSPS) is 16.0. The van der Waals surface area contributed by atoms with Gasteiger partial charge >= 0.3 is 0 Å². The molecular weight excluding hydrogens is 184 g/mol. The van der Waals surface area contributed by atoms with Crippen LogP contribution in [0.5, 0.6) is 0 Å². The van der Waals surface area contributed by atoms with Gasteiger partial charge in [-0.2, -0.15) is 0 Å². The smallest absolute Gasteiger partial charge is 0.0534 e. The maximum Gasteiger partial charge on any atom is 0.0534 e. The summed E-state index contributed by atoms with van der Waals surface area (Å²) in [6.07, 6.45) is 3.74. The van der Waals surface area contributed by atoms with Gasteiger partial charge in [0, 0.05) is 5.92 Å². The lowest BCUT2D eigenvalue weighted by atomic mass is 9.89. The van der Waals surface area contributed by atoms with E-state index in [2.05, 4.69) is 25.1 Å². The maximum atomic E-state index is 9.24. The predicted octanol–water partition coefficient (Wildman–Crippen LogP) is 3.06. The van der Waals surface area contributed by atoms with Crippen molar-refractivity contribution in [2.24, 2.45) is 0 Å². The van der Waals surface area contributed by atoms with Crippen LogP contribution in [0.2, 0.25) is 0 Å². The molecule has 1 radical (unpaired) electrons. The Labute approximate surface area is 92.1 Å². The van der Waals surface area contributed by atoms with Gasteiger partial charge in [-0.1, -0.05) is 32.0 Å². The van der Waals surface area contributed by atoms with Gasteiger partial charge in [-0.3, -0.25) is 0 Å². The summed E-state index contributed by atoms with van der Waals surface area (Å²) in [5, 5.41) is 9.24. The van der Waals surface area contributed by atoms with E-state index in [4.69, 9.17) is 0 Å². The average molecular weight is 203 g/mol. The molecule has 0 amide bonds. The highest BCUT2D eigenvalue weighted by molar-refractivity contribution is 5.46. The van der Waals surface area contributed by atoms with Crippen LogP contribution in [0.1, 0.15) is 49.3 Å². The summed E-state index contributed by atoms with van der Waals surface area (Å²) in [6, 6.07) is 6.49. The molecule has 0 aliphatic heterocycles. The Morgan fingerprint density at radius 3 is 2.67 bits per heavy atom. The first kappa shape index (κ1) is 10.7. The lowest BCUT2D eigenvalue weighted by Crippen LogP contribution is -2.06. The minimum atomic E-state index is 0.173. The molecular formula is C14H19O. The van der Waals surface area contributed by atoms with Crippen LogP contribution in [0, 0.1) is 5.92 Å². The molecule has 1 fully saturated rings. The van der Waals surface area contributed by atoms with Gasteiger partial charge in [0.25, 0.3) is 0 Å². The molecule has 1 saturated carbocycles. The zero-order chi connectivity index (χ0) is 10.8. The molecule has 1 N–H and O–H groups in total. The Hall–Kier alpha value is -0.820. The maximum absolute atomic E-state index is 9.24. The van der Waals surface area contributed by atoms with E-state index in [-0.39, 0.29) is 6.61 Å². The number of aliphatic hydroxyl groups is 1. The molecule has 0 spiro atoms. The summed E-state index contributed by atoms with van der Waals surface area (Å²) in [6.45, 7) is 4.41. The van der Waals surface area contributed by atoms with Crippen molar-refractivity contribution in [1.29, 1.82) is 0 Å². The van der Waals surface area contributed by atoms with Crippen LogP contribution in [0.3, 0.4) is 0 Å². The highest BCUT2D eigenvalue weighted by atomic mass is 16.3. The number of rotatable bonds is 4. The van der Waals surface area contributed by atoms with Crippen molar-refractivity contribution in [3.8, 4) is 0 Å². The third-order valence-corrected chi connectivity index (χ3v) is 3.26. The Morgan fingerprint density at radius 1 is 1.40 bits per heavy atom. The molecule has 0 aromatic heterocycles. The van der Waals surface area contributed by atoms with E-state index in [9.17, 15) is 5.11 Å². The Balaban J connectivity index is 2.43. The molecule has 0 atom stereocenters. The Bertz CT molecular complexity index is 339. The van der Waals surface area contributed by atoms with Crippen LogP contribution < -0.4 is 0 Å².